The standard InChI is InChI=1S/C18H23N3O3/c1-12-17-19-9-15(11-23-10-14-3-4-14)21(17)7-6-20(12)18(22)16-5-8-24-13(16)2/h5,8-9,12,14H,3-4,6-7,10-11H2,1-2H3. The van der Waals surface area contributed by atoms with Crippen molar-refractivity contribution in [3.63, 3.8) is 0 Å². The molecule has 1 aliphatic heterocycles. The summed E-state index contributed by atoms with van der Waals surface area (Å²) in [7, 11) is 0. The Morgan fingerprint density at radius 2 is 2.25 bits per heavy atom. The molecule has 4 rings (SSSR count). The van der Waals surface area contributed by atoms with Gasteiger partial charge in [0.1, 0.15) is 11.6 Å². The molecule has 1 saturated carbocycles. The smallest absolute Gasteiger partial charge is 0.258 e. The van der Waals surface area contributed by atoms with E-state index in [-0.39, 0.29) is 11.9 Å². The lowest BCUT2D eigenvalue weighted by Gasteiger charge is -2.34. The van der Waals surface area contributed by atoms with Gasteiger partial charge in [-0.15, -0.1) is 0 Å². The van der Waals surface area contributed by atoms with Crippen molar-refractivity contribution in [2.75, 3.05) is 13.2 Å². The Hall–Kier alpha value is -2.08. The summed E-state index contributed by atoms with van der Waals surface area (Å²) in [6.45, 7) is 6.72. The molecule has 6 heteroatoms. The second-order valence-electron chi connectivity index (χ2n) is 6.78. The molecule has 0 saturated heterocycles. The Labute approximate surface area is 141 Å². The number of hydrogen-bond donors (Lipinski definition) is 0. The monoisotopic (exact) mass is 329 g/mol. The fourth-order valence-electron chi connectivity index (χ4n) is 3.33. The summed E-state index contributed by atoms with van der Waals surface area (Å²) >= 11 is 0. The highest BCUT2D eigenvalue weighted by atomic mass is 16.5. The molecule has 2 aromatic heterocycles. The van der Waals surface area contributed by atoms with Gasteiger partial charge >= 0.3 is 0 Å². The maximum atomic E-state index is 12.8. The highest BCUT2D eigenvalue weighted by molar-refractivity contribution is 5.95. The molecule has 0 radical (unpaired) electrons. The SMILES string of the molecule is Cc1occc1C(=O)N1CCn2c(COCC3CC3)cnc2C1C. The molecule has 1 aliphatic carbocycles. The molecule has 1 amide bonds. The van der Waals surface area contributed by atoms with Gasteiger partial charge in [0.25, 0.3) is 5.91 Å². The molecule has 0 N–H and O–H groups in total. The van der Waals surface area contributed by atoms with Crippen LogP contribution in [0, 0.1) is 12.8 Å². The zero-order valence-corrected chi connectivity index (χ0v) is 14.2. The fourth-order valence-corrected chi connectivity index (χ4v) is 3.33. The van der Waals surface area contributed by atoms with Crippen molar-refractivity contribution in [1.82, 2.24) is 14.5 Å². The highest BCUT2D eigenvalue weighted by Crippen LogP contribution is 2.30. The van der Waals surface area contributed by atoms with Crippen LogP contribution in [0.3, 0.4) is 0 Å². The van der Waals surface area contributed by atoms with E-state index in [0.29, 0.717) is 24.5 Å². The van der Waals surface area contributed by atoms with Crippen LogP contribution < -0.4 is 0 Å². The molecule has 128 valence electrons. The first-order valence-corrected chi connectivity index (χ1v) is 8.62. The number of carbonyl (C=O) groups is 1. The number of rotatable bonds is 5. The zero-order chi connectivity index (χ0) is 16.7. The van der Waals surface area contributed by atoms with E-state index in [1.807, 2.05) is 24.9 Å². The van der Waals surface area contributed by atoms with E-state index in [1.54, 1.807) is 12.3 Å². The van der Waals surface area contributed by atoms with Gasteiger partial charge in [-0.25, -0.2) is 4.98 Å². The second-order valence-corrected chi connectivity index (χ2v) is 6.78. The normalized spacial score (nSPS) is 20.2. The predicted octanol–water partition coefficient (Wildman–Crippen LogP) is 2.93. The Morgan fingerprint density at radius 3 is 2.96 bits per heavy atom. The van der Waals surface area contributed by atoms with Crippen LogP contribution in [-0.4, -0.2) is 33.5 Å². The van der Waals surface area contributed by atoms with Crippen molar-refractivity contribution in [1.29, 1.82) is 0 Å². The number of fused-ring (bicyclic) bond motifs is 1. The Morgan fingerprint density at radius 1 is 1.42 bits per heavy atom. The Bertz CT molecular complexity index is 745. The Kier molecular flexibility index (Phi) is 3.92. The molecule has 3 heterocycles. The third-order valence-electron chi connectivity index (χ3n) is 5.03. The van der Waals surface area contributed by atoms with Crippen LogP contribution in [0.25, 0.3) is 0 Å². The molecule has 6 nitrogen and oxygen atoms in total. The molecule has 1 atom stereocenters. The fraction of sp³-hybridized carbons (Fsp3) is 0.556. The molecule has 0 spiro atoms. The van der Waals surface area contributed by atoms with Crippen LogP contribution in [0.1, 0.15) is 53.4 Å². The van der Waals surface area contributed by atoms with Crippen molar-refractivity contribution in [3.05, 3.63) is 41.4 Å². The topological polar surface area (TPSA) is 60.5 Å². The number of carbonyl (C=O) groups excluding carboxylic acids is 1. The third kappa shape index (κ3) is 2.75. The number of amides is 1. The number of ether oxygens (including phenoxy) is 1. The maximum Gasteiger partial charge on any atom is 0.258 e. The highest BCUT2D eigenvalue weighted by Gasteiger charge is 2.32. The summed E-state index contributed by atoms with van der Waals surface area (Å²) in [5.74, 6) is 2.37. The van der Waals surface area contributed by atoms with E-state index in [1.165, 1.54) is 12.8 Å². The second kappa shape index (κ2) is 6.09. The van der Waals surface area contributed by atoms with Crippen LogP contribution in [0.15, 0.2) is 22.9 Å². The van der Waals surface area contributed by atoms with E-state index < -0.39 is 0 Å². The van der Waals surface area contributed by atoms with Gasteiger partial charge in [-0.05, 0) is 38.7 Å². The van der Waals surface area contributed by atoms with Gasteiger partial charge in [0.15, 0.2) is 0 Å². The Balaban J connectivity index is 1.48. The van der Waals surface area contributed by atoms with Gasteiger partial charge in [0.2, 0.25) is 0 Å². The summed E-state index contributed by atoms with van der Waals surface area (Å²) in [5, 5.41) is 0. The number of aryl methyl sites for hydroxylation is 1. The molecular weight excluding hydrogens is 306 g/mol. The molecule has 1 fully saturated rings. The van der Waals surface area contributed by atoms with E-state index in [4.69, 9.17) is 9.15 Å². The summed E-state index contributed by atoms with van der Waals surface area (Å²) in [6.07, 6.45) is 6.04. The average Bonchev–Trinajstić information content (AvgIpc) is 3.14. The lowest BCUT2D eigenvalue weighted by Crippen LogP contribution is -2.41. The van der Waals surface area contributed by atoms with Gasteiger partial charge in [0, 0.05) is 19.7 Å². The number of furan rings is 1. The molecule has 2 aliphatic rings. The largest absolute Gasteiger partial charge is 0.469 e. The zero-order valence-electron chi connectivity index (χ0n) is 14.2. The first kappa shape index (κ1) is 15.4. The van der Waals surface area contributed by atoms with Gasteiger partial charge in [0.05, 0.1) is 36.4 Å². The van der Waals surface area contributed by atoms with Crippen molar-refractivity contribution in [3.8, 4) is 0 Å². The lowest BCUT2D eigenvalue weighted by molar-refractivity contribution is 0.0625. The van der Waals surface area contributed by atoms with E-state index in [0.717, 1.165) is 30.6 Å². The van der Waals surface area contributed by atoms with Crippen molar-refractivity contribution in [2.24, 2.45) is 5.92 Å². The number of hydrogen-bond acceptors (Lipinski definition) is 4. The number of aromatic nitrogens is 2. The first-order valence-electron chi connectivity index (χ1n) is 8.62. The summed E-state index contributed by atoms with van der Waals surface area (Å²) in [6, 6.07) is 1.68. The van der Waals surface area contributed by atoms with Gasteiger partial charge in [-0.3, -0.25) is 4.79 Å². The molecule has 1 unspecified atom stereocenters. The van der Waals surface area contributed by atoms with E-state index in [9.17, 15) is 4.79 Å². The summed E-state index contributed by atoms with van der Waals surface area (Å²) in [5.41, 5.74) is 1.74. The van der Waals surface area contributed by atoms with Crippen LogP contribution >= 0.6 is 0 Å². The lowest BCUT2D eigenvalue weighted by atomic mass is 10.1. The van der Waals surface area contributed by atoms with Crippen LogP contribution in [0.2, 0.25) is 0 Å². The number of imidazole rings is 1. The summed E-state index contributed by atoms with van der Waals surface area (Å²) < 4.78 is 13.3. The molecule has 24 heavy (non-hydrogen) atoms. The van der Waals surface area contributed by atoms with Gasteiger partial charge in [-0.1, -0.05) is 0 Å². The molecular formula is C18H23N3O3. The first-order chi connectivity index (χ1) is 11.6. The molecule has 0 aromatic carbocycles. The predicted molar refractivity (Wildman–Crippen MR) is 87.5 cm³/mol. The van der Waals surface area contributed by atoms with Crippen LogP contribution in [-0.2, 0) is 17.9 Å². The van der Waals surface area contributed by atoms with E-state index >= 15 is 0 Å². The van der Waals surface area contributed by atoms with Crippen molar-refractivity contribution in [2.45, 2.75) is 45.9 Å². The van der Waals surface area contributed by atoms with Crippen molar-refractivity contribution < 1.29 is 13.9 Å². The minimum atomic E-state index is -0.0577. The average molecular weight is 329 g/mol. The third-order valence-corrected chi connectivity index (χ3v) is 5.03. The van der Waals surface area contributed by atoms with Gasteiger partial charge < -0.3 is 18.6 Å². The molecule has 2 aromatic rings. The van der Waals surface area contributed by atoms with E-state index in [2.05, 4.69) is 9.55 Å². The minimum Gasteiger partial charge on any atom is -0.469 e. The van der Waals surface area contributed by atoms with Crippen LogP contribution in [0.5, 0.6) is 0 Å². The summed E-state index contributed by atoms with van der Waals surface area (Å²) in [4.78, 5) is 19.2. The van der Waals surface area contributed by atoms with Crippen molar-refractivity contribution >= 4 is 5.91 Å². The van der Waals surface area contributed by atoms with Gasteiger partial charge in [-0.2, -0.15) is 0 Å². The molecule has 0 bridgehead atoms. The maximum absolute atomic E-state index is 12.8. The van der Waals surface area contributed by atoms with Crippen LogP contribution in [0.4, 0.5) is 0 Å². The quantitative estimate of drug-likeness (QED) is 0.846. The number of nitrogens with zero attached hydrogens (tertiary/aromatic N) is 3. The minimum absolute atomic E-state index is 0.00883.